The molecule has 2 nitrogen and oxygen atoms in total. The molecule has 0 atom stereocenters. The molecule has 2 aliphatic carbocycles. The van der Waals surface area contributed by atoms with Gasteiger partial charge in [-0.2, -0.15) is 10.3 Å². The van der Waals surface area contributed by atoms with Crippen molar-refractivity contribution < 1.29 is 0 Å². The van der Waals surface area contributed by atoms with Crippen molar-refractivity contribution in [2.24, 2.45) is 16.3 Å². The summed E-state index contributed by atoms with van der Waals surface area (Å²) in [5.41, 5.74) is 5.68. The number of terminal acetylenes is 1. The summed E-state index contributed by atoms with van der Waals surface area (Å²) >= 11 is 0. The molecule has 2 aromatic carbocycles. The van der Waals surface area contributed by atoms with Gasteiger partial charge in [-0.1, -0.05) is 42.3 Å². The van der Waals surface area contributed by atoms with Crippen LogP contribution in [-0.2, 0) is 12.8 Å². The van der Waals surface area contributed by atoms with E-state index in [0.717, 1.165) is 48.4 Å². The van der Waals surface area contributed by atoms with Gasteiger partial charge < -0.3 is 0 Å². The lowest BCUT2D eigenvalue weighted by Gasteiger charge is -2.37. The van der Waals surface area contributed by atoms with Gasteiger partial charge in [0.05, 0.1) is 5.71 Å². The van der Waals surface area contributed by atoms with Crippen molar-refractivity contribution in [3.63, 3.8) is 0 Å². The lowest BCUT2D eigenvalue weighted by atomic mass is 9.67. The standard InChI is InChI=1S/C24H22N2/c1-2-18-8-9-21-16-24(23(26-17-25)22(21)15-18)12-10-20(11-13-24)14-19-6-4-3-5-7-19/h1,3-9,15,20H,10-14,16H2. The van der Waals surface area contributed by atoms with Crippen LogP contribution in [0.5, 0.6) is 0 Å². The molecule has 0 aromatic heterocycles. The third kappa shape index (κ3) is 2.93. The first-order chi connectivity index (χ1) is 12.7. The van der Waals surface area contributed by atoms with E-state index in [1.165, 1.54) is 24.0 Å². The first-order valence-electron chi connectivity index (χ1n) is 9.35. The Hall–Kier alpha value is -2.84. The van der Waals surface area contributed by atoms with Crippen LogP contribution in [0.25, 0.3) is 0 Å². The molecule has 0 bridgehead atoms. The van der Waals surface area contributed by atoms with Crippen LogP contribution in [0.4, 0.5) is 0 Å². The average molecular weight is 338 g/mol. The molecular formula is C24H22N2. The van der Waals surface area contributed by atoms with Gasteiger partial charge in [-0.25, -0.2) is 0 Å². The summed E-state index contributed by atoms with van der Waals surface area (Å²) in [6.45, 7) is 0. The van der Waals surface area contributed by atoms with Crippen molar-refractivity contribution in [1.29, 1.82) is 5.26 Å². The van der Waals surface area contributed by atoms with E-state index >= 15 is 0 Å². The van der Waals surface area contributed by atoms with Crippen molar-refractivity contribution in [3.05, 3.63) is 70.8 Å². The van der Waals surface area contributed by atoms with E-state index in [1.807, 2.05) is 18.3 Å². The maximum absolute atomic E-state index is 9.26. The predicted molar refractivity (Wildman–Crippen MR) is 105 cm³/mol. The molecule has 0 radical (unpaired) electrons. The number of nitriles is 1. The van der Waals surface area contributed by atoms with Crippen LogP contribution in [0.1, 0.15) is 47.9 Å². The molecule has 0 saturated heterocycles. The molecule has 0 amide bonds. The molecule has 0 unspecified atom stereocenters. The van der Waals surface area contributed by atoms with E-state index < -0.39 is 0 Å². The summed E-state index contributed by atoms with van der Waals surface area (Å²) in [5, 5.41) is 9.26. The zero-order valence-electron chi connectivity index (χ0n) is 14.9. The molecule has 4 rings (SSSR count). The van der Waals surface area contributed by atoms with E-state index in [9.17, 15) is 5.26 Å². The fraction of sp³-hybridized carbons (Fsp3) is 0.333. The second-order valence-corrected chi connectivity index (χ2v) is 7.67. The van der Waals surface area contributed by atoms with Gasteiger partial charge in [0.25, 0.3) is 0 Å². The summed E-state index contributed by atoms with van der Waals surface area (Å²) in [7, 11) is 0. The Labute approximate surface area is 155 Å². The van der Waals surface area contributed by atoms with E-state index in [-0.39, 0.29) is 5.41 Å². The second kappa shape index (κ2) is 6.81. The zero-order valence-corrected chi connectivity index (χ0v) is 14.9. The van der Waals surface area contributed by atoms with E-state index in [2.05, 4.69) is 47.3 Å². The van der Waals surface area contributed by atoms with Gasteiger partial charge in [0.15, 0.2) is 0 Å². The summed E-state index contributed by atoms with van der Waals surface area (Å²) in [4.78, 5) is 4.28. The number of benzene rings is 2. The maximum Gasteiger partial charge on any atom is 0.205 e. The largest absolute Gasteiger partial charge is 0.205 e. The Bertz CT molecular complexity index is 917. The van der Waals surface area contributed by atoms with Crippen molar-refractivity contribution in [2.75, 3.05) is 0 Å². The normalized spacial score (nSPS) is 25.6. The van der Waals surface area contributed by atoms with Crippen LogP contribution in [0.3, 0.4) is 0 Å². The Balaban J connectivity index is 1.55. The molecular weight excluding hydrogens is 316 g/mol. The molecule has 1 spiro atoms. The topological polar surface area (TPSA) is 36.1 Å². The highest BCUT2D eigenvalue weighted by atomic mass is 14.8. The van der Waals surface area contributed by atoms with Crippen LogP contribution in [0.15, 0.2) is 53.5 Å². The minimum Gasteiger partial charge on any atom is -0.177 e. The van der Waals surface area contributed by atoms with Crippen LogP contribution < -0.4 is 0 Å². The third-order valence-electron chi connectivity index (χ3n) is 6.15. The molecule has 2 heteroatoms. The Kier molecular flexibility index (Phi) is 4.36. The highest BCUT2D eigenvalue weighted by Gasteiger charge is 2.45. The molecule has 0 N–H and O–H groups in total. The summed E-state index contributed by atoms with van der Waals surface area (Å²) < 4.78 is 0. The fourth-order valence-corrected chi connectivity index (χ4v) is 4.80. The second-order valence-electron chi connectivity index (χ2n) is 7.67. The van der Waals surface area contributed by atoms with Crippen LogP contribution >= 0.6 is 0 Å². The predicted octanol–water partition coefficient (Wildman–Crippen LogP) is 4.91. The quantitative estimate of drug-likeness (QED) is 0.566. The number of nitrogens with zero attached hydrogens (tertiary/aromatic N) is 2. The zero-order chi connectivity index (χ0) is 18.0. The van der Waals surface area contributed by atoms with Gasteiger partial charge >= 0.3 is 0 Å². The minimum absolute atomic E-state index is 0.0263. The first kappa shape index (κ1) is 16.6. The highest BCUT2D eigenvalue weighted by Crippen LogP contribution is 2.49. The van der Waals surface area contributed by atoms with Crippen LogP contribution in [0.2, 0.25) is 0 Å². The monoisotopic (exact) mass is 338 g/mol. The summed E-state index contributed by atoms with van der Waals surface area (Å²) in [6.07, 6.45) is 14.3. The number of hydrogen-bond acceptors (Lipinski definition) is 2. The molecule has 26 heavy (non-hydrogen) atoms. The summed E-state index contributed by atoms with van der Waals surface area (Å²) in [6, 6.07) is 16.9. The lowest BCUT2D eigenvalue weighted by Crippen LogP contribution is -2.34. The van der Waals surface area contributed by atoms with Crippen molar-refractivity contribution >= 4 is 5.71 Å². The first-order valence-corrected chi connectivity index (χ1v) is 9.35. The fourth-order valence-electron chi connectivity index (χ4n) is 4.80. The van der Waals surface area contributed by atoms with Crippen molar-refractivity contribution in [2.45, 2.75) is 38.5 Å². The van der Waals surface area contributed by atoms with E-state index in [0.29, 0.717) is 0 Å². The molecule has 2 aliphatic rings. The third-order valence-corrected chi connectivity index (χ3v) is 6.15. The Morgan fingerprint density at radius 3 is 2.58 bits per heavy atom. The molecule has 2 aromatic rings. The van der Waals surface area contributed by atoms with Gasteiger partial charge in [-0.05, 0) is 67.7 Å². The summed E-state index contributed by atoms with van der Waals surface area (Å²) in [5.74, 6) is 3.43. The minimum atomic E-state index is 0.0263. The number of rotatable bonds is 2. The van der Waals surface area contributed by atoms with Crippen LogP contribution in [0, 0.1) is 35.1 Å². The van der Waals surface area contributed by atoms with Gasteiger partial charge in [-0.3, -0.25) is 0 Å². The molecule has 1 saturated carbocycles. The molecule has 128 valence electrons. The van der Waals surface area contributed by atoms with Gasteiger partial charge in [0.1, 0.15) is 0 Å². The Morgan fingerprint density at radius 1 is 1.12 bits per heavy atom. The molecule has 1 fully saturated rings. The SMILES string of the molecule is C#Cc1ccc2c(c1)C(=NC#N)C1(CCC(Cc3ccccc3)CC1)C2. The van der Waals surface area contributed by atoms with Gasteiger partial charge in [0, 0.05) is 16.5 Å². The van der Waals surface area contributed by atoms with Gasteiger partial charge in [0.2, 0.25) is 6.19 Å². The van der Waals surface area contributed by atoms with Crippen LogP contribution in [-0.4, -0.2) is 5.71 Å². The highest BCUT2D eigenvalue weighted by molar-refractivity contribution is 6.09. The smallest absolute Gasteiger partial charge is 0.177 e. The average Bonchev–Trinajstić information content (AvgIpc) is 2.97. The van der Waals surface area contributed by atoms with E-state index in [4.69, 9.17) is 6.42 Å². The van der Waals surface area contributed by atoms with Crippen molar-refractivity contribution in [1.82, 2.24) is 0 Å². The number of fused-ring (bicyclic) bond motifs is 1. The van der Waals surface area contributed by atoms with E-state index in [1.54, 1.807) is 0 Å². The molecule has 0 heterocycles. The number of aliphatic imine (C=N–C) groups is 1. The lowest BCUT2D eigenvalue weighted by molar-refractivity contribution is 0.226. The van der Waals surface area contributed by atoms with Crippen molar-refractivity contribution in [3.8, 4) is 18.5 Å². The van der Waals surface area contributed by atoms with Gasteiger partial charge in [-0.15, -0.1) is 6.42 Å². The molecule has 0 aliphatic heterocycles. The number of hydrogen-bond donors (Lipinski definition) is 0. The maximum atomic E-state index is 9.26. The Morgan fingerprint density at radius 2 is 1.88 bits per heavy atom.